The first-order valence-electron chi connectivity index (χ1n) is 14.7. The van der Waals surface area contributed by atoms with Crippen molar-refractivity contribution in [3.63, 3.8) is 0 Å². The van der Waals surface area contributed by atoms with E-state index >= 15 is 0 Å². The molecule has 1 aliphatic rings. The molecule has 1 fully saturated rings. The number of carbonyl (C=O) groups excluding carboxylic acids is 1. The molecule has 3 N–H and O–H groups in total. The van der Waals surface area contributed by atoms with Gasteiger partial charge in [-0.2, -0.15) is 13.2 Å². The monoisotopic (exact) mass is 588 g/mol. The quantitative estimate of drug-likeness (QED) is 0.247. The van der Waals surface area contributed by atoms with Crippen molar-refractivity contribution in [2.45, 2.75) is 64.7 Å². The number of phenols is 1. The van der Waals surface area contributed by atoms with Gasteiger partial charge in [-0.3, -0.25) is 4.79 Å². The molecule has 3 aromatic carbocycles. The smallest absolute Gasteiger partial charge is 0.391 e. The van der Waals surface area contributed by atoms with Crippen LogP contribution in [0, 0.1) is 5.92 Å². The highest BCUT2D eigenvalue weighted by Crippen LogP contribution is 2.37. The van der Waals surface area contributed by atoms with Gasteiger partial charge in [0.1, 0.15) is 5.75 Å². The number of hydrogen-bond donors (Lipinski definition) is 3. The van der Waals surface area contributed by atoms with Crippen LogP contribution in [0.5, 0.6) is 5.75 Å². The first-order chi connectivity index (χ1) is 20.6. The number of alkyl halides is 3. The summed E-state index contributed by atoms with van der Waals surface area (Å²) in [5, 5.41) is 18.6. The molecule has 4 rings (SSSR count). The summed E-state index contributed by atoms with van der Waals surface area (Å²) >= 11 is 0. The highest BCUT2D eigenvalue weighted by atomic mass is 19.4. The third-order valence-corrected chi connectivity index (χ3v) is 7.81. The SMILES string of the molecule is C=C(NCc1ccc(C(=O)NC2CCCC(C(F)(F)F)C2)cc1)c1cccc(-c2cc(O)c(=C\CC)/c(=C\C=C/C)c2)c1. The topological polar surface area (TPSA) is 61.4 Å². The molecular formula is C36H39F3N2O2. The Kier molecular flexibility index (Phi) is 10.5. The summed E-state index contributed by atoms with van der Waals surface area (Å²) in [7, 11) is 0. The molecule has 1 saturated carbocycles. The molecule has 0 radical (unpaired) electrons. The lowest BCUT2D eigenvalue weighted by molar-refractivity contribution is -0.183. The number of rotatable bonds is 9. The lowest BCUT2D eigenvalue weighted by Crippen LogP contribution is -2.41. The number of nitrogens with one attached hydrogen (secondary N) is 2. The van der Waals surface area contributed by atoms with Gasteiger partial charge in [0.2, 0.25) is 0 Å². The summed E-state index contributed by atoms with van der Waals surface area (Å²) in [5.41, 5.74) is 4.82. The predicted octanol–water partition coefficient (Wildman–Crippen LogP) is 7.22. The lowest BCUT2D eigenvalue weighted by atomic mass is 9.85. The van der Waals surface area contributed by atoms with Crippen LogP contribution in [0.2, 0.25) is 0 Å². The van der Waals surface area contributed by atoms with Crippen LogP contribution in [0.15, 0.2) is 79.4 Å². The Morgan fingerprint density at radius 2 is 1.81 bits per heavy atom. The zero-order valence-corrected chi connectivity index (χ0v) is 24.7. The Balaban J connectivity index is 1.40. The van der Waals surface area contributed by atoms with E-state index in [1.807, 2.05) is 74.5 Å². The molecule has 0 heterocycles. The first kappa shape index (κ1) is 31.7. The molecule has 0 aromatic heterocycles. The van der Waals surface area contributed by atoms with Crippen LogP contribution in [-0.4, -0.2) is 23.2 Å². The number of benzene rings is 3. The van der Waals surface area contributed by atoms with Crippen LogP contribution in [0.25, 0.3) is 29.0 Å². The van der Waals surface area contributed by atoms with Gasteiger partial charge < -0.3 is 15.7 Å². The molecule has 0 saturated heterocycles. The standard InChI is InChI=1S/C36H39F3N2O2/c1-4-6-10-29-20-30(21-34(42)33(29)9-5-2)28-12-7-11-27(19-28)24(3)40-23-25-15-17-26(18-16-25)35(43)41-32-14-8-13-31(22-32)36(37,38)39/h4,6-7,9-12,15-21,31-32,40,42H,3,5,8,13-14,22-23H2,1-2H3,(H,41,43)/b6-4-,29-10-,33-9-. The second-order valence-corrected chi connectivity index (χ2v) is 11.0. The minimum absolute atomic E-state index is 0.0692. The zero-order chi connectivity index (χ0) is 31.0. The summed E-state index contributed by atoms with van der Waals surface area (Å²) in [6, 6.07) is 18.3. The number of carbonyl (C=O) groups is 1. The number of amides is 1. The minimum Gasteiger partial charge on any atom is -0.507 e. The molecule has 0 aliphatic heterocycles. The van der Waals surface area contributed by atoms with Gasteiger partial charge in [-0.25, -0.2) is 0 Å². The van der Waals surface area contributed by atoms with E-state index in [4.69, 9.17) is 0 Å². The van der Waals surface area contributed by atoms with Gasteiger partial charge in [-0.05, 0) is 90.4 Å². The highest BCUT2D eigenvalue weighted by molar-refractivity contribution is 5.94. The molecule has 4 nitrogen and oxygen atoms in total. The van der Waals surface area contributed by atoms with Crippen molar-refractivity contribution in [2.24, 2.45) is 5.92 Å². The van der Waals surface area contributed by atoms with Crippen LogP contribution in [0.3, 0.4) is 0 Å². The molecule has 2 unspecified atom stereocenters. The fourth-order valence-electron chi connectivity index (χ4n) is 5.45. The van der Waals surface area contributed by atoms with Gasteiger partial charge >= 0.3 is 6.18 Å². The molecule has 43 heavy (non-hydrogen) atoms. The summed E-state index contributed by atoms with van der Waals surface area (Å²) < 4.78 is 39.4. The van der Waals surface area contributed by atoms with Crippen molar-refractivity contribution >= 4 is 23.8 Å². The van der Waals surface area contributed by atoms with Crippen molar-refractivity contribution in [3.8, 4) is 16.9 Å². The van der Waals surface area contributed by atoms with E-state index in [-0.39, 0.29) is 24.5 Å². The van der Waals surface area contributed by atoms with Crippen molar-refractivity contribution in [1.29, 1.82) is 0 Å². The molecule has 0 spiro atoms. The van der Waals surface area contributed by atoms with Gasteiger partial charge in [0.05, 0.1) is 5.92 Å². The van der Waals surface area contributed by atoms with Crippen molar-refractivity contribution in [3.05, 3.63) is 107 Å². The largest absolute Gasteiger partial charge is 0.507 e. The Morgan fingerprint density at radius 3 is 2.51 bits per heavy atom. The van der Waals surface area contributed by atoms with Crippen molar-refractivity contribution in [2.75, 3.05) is 0 Å². The number of halogens is 3. The number of phenolic OH excluding ortho intramolecular Hbond substituents is 1. The molecule has 1 aliphatic carbocycles. The Labute approximate surface area is 251 Å². The Bertz CT molecular complexity index is 1590. The molecular weight excluding hydrogens is 549 g/mol. The van der Waals surface area contributed by atoms with Gasteiger partial charge in [0.25, 0.3) is 5.91 Å². The predicted molar refractivity (Wildman–Crippen MR) is 168 cm³/mol. The summed E-state index contributed by atoms with van der Waals surface area (Å²) in [6.07, 6.45) is 5.56. The van der Waals surface area contributed by atoms with E-state index in [1.54, 1.807) is 18.2 Å². The minimum atomic E-state index is -4.22. The second kappa shape index (κ2) is 14.3. The first-order valence-corrected chi connectivity index (χ1v) is 14.7. The maximum Gasteiger partial charge on any atom is 0.391 e. The lowest BCUT2D eigenvalue weighted by Gasteiger charge is -2.31. The van der Waals surface area contributed by atoms with Crippen molar-refractivity contribution < 1.29 is 23.1 Å². The maximum atomic E-state index is 13.1. The Hall–Kier alpha value is -4.26. The fraction of sp³-hybridized carbons (Fsp3) is 0.306. The molecule has 0 bridgehead atoms. The van der Waals surface area contributed by atoms with E-state index in [1.165, 1.54) is 0 Å². The van der Waals surface area contributed by atoms with Gasteiger partial charge in [-0.15, -0.1) is 0 Å². The van der Waals surface area contributed by atoms with Crippen LogP contribution in [-0.2, 0) is 6.54 Å². The highest BCUT2D eigenvalue weighted by Gasteiger charge is 2.42. The summed E-state index contributed by atoms with van der Waals surface area (Å²) in [5.74, 6) is -1.48. The van der Waals surface area contributed by atoms with Gasteiger partial charge in [0, 0.05) is 29.1 Å². The Morgan fingerprint density at radius 1 is 1.05 bits per heavy atom. The van der Waals surface area contributed by atoms with Crippen LogP contribution in [0.1, 0.15) is 67.4 Å². The average molecular weight is 589 g/mol. The average Bonchev–Trinajstić information content (AvgIpc) is 3.00. The third-order valence-electron chi connectivity index (χ3n) is 7.81. The van der Waals surface area contributed by atoms with E-state index in [0.29, 0.717) is 24.9 Å². The normalized spacial score (nSPS) is 18.2. The summed E-state index contributed by atoms with van der Waals surface area (Å²) in [4.78, 5) is 12.7. The number of hydrogen-bond acceptors (Lipinski definition) is 3. The van der Waals surface area contributed by atoms with Crippen molar-refractivity contribution in [1.82, 2.24) is 10.6 Å². The number of aromatic hydroxyl groups is 1. The van der Waals surface area contributed by atoms with Crippen LogP contribution >= 0.6 is 0 Å². The van der Waals surface area contributed by atoms with Crippen LogP contribution in [0.4, 0.5) is 13.2 Å². The van der Waals surface area contributed by atoms with Gasteiger partial charge in [0.15, 0.2) is 0 Å². The zero-order valence-electron chi connectivity index (χ0n) is 24.7. The van der Waals surface area contributed by atoms with Crippen LogP contribution < -0.4 is 21.1 Å². The maximum absolute atomic E-state index is 13.1. The van der Waals surface area contributed by atoms with E-state index in [2.05, 4.69) is 23.3 Å². The summed E-state index contributed by atoms with van der Waals surface area (Å²) in [6.45, 7) is 8.67. The molecule has 7 heteroatoms. The number of allylic oxidation sites excluding steroid dienone is 2. The molecule has 1 amide bonds. The second-order valence-electron chi connectivity index (χ2n) is 11.0. The molecule has 226 valence electrons. The molecule has 3 aromatic rings. The third kappa shape index (κ3) is 8.40. The van der Waals surface area contributed by atoms with E-state index in [9.17, 15) is 23.1 Å². The van der Waals surface area contributed by atoms with E-state index in [0.717, 1.165) is 44.8 Å². The van der Waals surface area contributed by atoms with Gasteiger partial charge in [-0.1, -0.05) is 74.6 Å². The van der Waals surface area contributed by atoms with E-state index < -0.39 is 18.1 Å². The molecule has 2 atom stereocenters. The fourth-order valence-corrected chi connectivity index (χ4v) is 5.45.